The Hall–Kier alpha value is -2.77. The lowest BCUT2D eigenvalue weighted by atomic mass is 10.1. The molecule has 1 aromatic carbocycles. The predicted molar refractivity (Wildman–Crippen MR) is 60.2 cm³/mol. The normalized spacial score (nSPS) is 10.4. The largest absolute Gasteiger partial charge is 0.478 e. The van der Waals surface area contributed by atoms with E-state index in [-0.39, 0.29) is 12.0 Å². The Kier molecular flexibility index (Phi) is 4.08. The summed E-state index contributed by atoms with van der Waals surface area (Å²) in [6.07, 6.45) is 1.95. The highest BCUT2D eigenvalue weighted by Crippen LogP contribution is 2.30. The maximum Gasteiger partial charge on any atom is 0.349 e. The van der Waals surface area contributed by atoms with Gasteiger partial charge in [0.1, 0.15) is 0 Å². The molecule has 0 amide bonds. The second-order valence-electron chi connectivity index (χ2n) is 3.24. The number of nitro benzene ring substituents is 2. The van der Waals surface area contributed by atoms with Gasteiger partial charge >= 0.3 is 17.3 Å². The molecular weight excluding hydrogens is 244 g/mol. The minimum atomic E-state index is -1.19. The van der Waals surface area contributed by atoms with Gasteiger partial charge in [-0.2, -0.15) is 0 Å². The Morgan fingerprint density at radius 1 is 1.28 bits per heavy atom. The van der Waals surface area contributed by atoms with Crippen LogP contribution in [0.2, 0.25) is 0 Å². The lowest BCUT2D eigenvalue weighted by Gasteiger charge is -2.00. The third-order valence-electron chi connectivity index (χ3n) is 2.08. The quantitative estimate of drug-likeness (QED) is 0.483. The van der Waals surface area contributed by atoms with Crippen molar-refractivity contribution in [1.29, 1.82) is 0 Å². The Bertz CT molecular complexity index is 537. The summed E-state index contributed by atoms with van der Waals surface area (Å²) in [6, 6.07) is 3.69. The van der Waals surface area contributed by atoms with Crippen molar-refractivity contribution in [3.05, 3.63) is 56.1 Å². The summed E-state index contributed by atoms with van der Waals surface area (Å²) in [6.45, 7) is 0. The van der Waals surface area contributed by atoms with Crippen molar-refractivity contribution in [2.75, 3.05) is 0 Å². The SMILES string of the molecule is O=C(O)/C=C/Cc1cccc([N+](=O)[O-])c1[N+](=O)[O-]. The number of aliphatic carboxylic acids is 1. The van der Waals surface area contributed by atoms with Crippen molar-refractivity contribution < 1.29 is 19.7 Å². The number of rotatable bonds is 5. The highest BCUT2D eigenvalue weighted by Gasteiger charge is 2.27. The van der Waals surface area contributed by atoms with E-state index in [1.54, 1.807) is 0 Å². The van der Waals surface area contributed by atoms with Gasteiger partial charge in [-0.15, -0.1) is 0 Å². The average Bonchev–Trinajstić information content (AvgIpc) is 2.27. The molecule has 8 nitrogen and oxygen atoms in total. The second kappa shape index (κ2) is 5.53. The van der Waals surface area contributed by atoms with Crippen molar-refractivity contribution in [2.24, 2.45) is 0 Å². The first-order valence-corrected chi connectivity index (χ1v) is 4.73. The van der Waals surface area contributed by atoms with Crippen LogP contribution in [0.15, 0.2) is 30.4 Å². The van der Waals surface area contributed by atoms with E-state index in [0.29, 0.717) is 0 Å². The molecule has 0 aliphatic heterocycles. The maximum atomic E-state index is 10.8. The number of carboxylic acids is 1. The summed E-state index contributed by atoms with van der Waals surface area (Å²) >= 11 is 0. The third-order valence-corrected chi connectivity index (χ3v) is 2.08. The lowest BCUT2D eigenvalue weighted by Crippen LogP contribution is -2.00. The number of benzene rings is 1. The Balaban J connectivity index is 3.19. The molecule has 1 rings (SSSR count). The zero-order valence-electron chi connectivity index (χ0n) is 8.98. The van der Waals surface area contributed by atoms with E-state index in [2.05, 4.69) is 0 Å². The van der Waals surface area contributed by atoms with Crippen LogP contribution in [0.25, 0.3) is 0 Å². The minimum Gasteiger partial charge on any atom is -0.478 e. The first-order valence-electron chi connectivity index (χ1n) is 4.73. The van der Waals surface area contributed by atoms with Gasteiger partial charge in [0.05, 0.1) is 9.85 Å². The maximum absolute atomic E-state index is 10.8. The number of para-hydroxylation sites is 1. The standard InChI is InChI=1S/C10H8N2O6/c13-9(14)6-2-4-7-3-1-5-8(11(15)16)10(7)12(17)18/h1-3,5-6H,4H2,(H,13,14)/b6-2+. The van der Waals surface area contributed by atoms with Gasteiger partial charge in [0.25, 0.3) is 0 Å². The number of carbonyl (C=O) groups is 1. The summed E-state index contributed by atoms with van der Waals surface area (Å²) in [7, 11) is 0. The fourth-order valence-electron chi connectivity index (χ4n) is 1.39. The molecule has 0 aromatic heterocycles. The first-order chi connectivity index (χ1) is 8.43. The van der Waals surface area contributed by atoms with Crippen LogP contribution in [0, 0.1) is 20.2 Å². The third kappa shape index (κ3) is 3.11. The molecule has 94 valence electrons. The van der Waals surface area contributed by atoms with E-state index in [1.165, 1.54) is 18.2 Å². The summed E-state index contributed by atoms with van der Waals surface area (Å²) in [5, 5.41) is 29.8. The highest BCUT2D eigenvalue weighted by atomic mass is 16.6. The molecule has 18 heavy (non-hydrogen) atoms. The lowest BCUT2D eigenvalue weighted by molar-refractivity contribution is -0.422. The highest BCUT2D eigenvalue weighted by molar-refractivity contribution is 5.79. The Morgan fingerprint density at radius 2 is 1.94 bits per heavy atom. The van der Waals surface area contributed by atoms with Crippen LogP contribution < -0.4 is 0 Å². The number of carboxylic acid groups (broad SMARTS) is 1. The number of nitro groups is 2. The van der Waals surface area contributed by atoms with E-state index in [1.807, 2.05) is 0 Å². The monoisotopic (exact) mass is 252 g/mol. The van der Waals surface area contributed by atoms with Crippen molar-refractivity contribution in [3.63, 3.8) is 0 Å². The fraction of sp³-hybridized carbons (Fsp3) is 0.100. The molecule has 0 aliphatic carbocycles. The Labute approximate surface area is 100 Å². The number of hydrogen-bond acceptors (Lipinski definition) is 5. The molecule has 1 N–H and O–H groups in total. The smallest absolute Gasteiger partial charge is 0.349 e. The number of allylic oxidation sites excluding steroid dienone is 1. The van der Waals surface area contributed by atoms with Gasteiger partial charge in [-0.1, -0.05) is 18.2 Å². The molecule has 0 heterocycles. The van der Waals surface area contributed by atoms with Gasteiger partial charge in [-0.3, -0.25) is 20.2 Å². The molecule has 0 bridgehead atoms. The molecule has 0 radical (unpaired) electrons. The van der Waals surface area contributed by atoms with E-state index >= 15 is 0 Å². The molecule has 0 unspecified atom stereocenters. The molecule has 8 heteroatoms. The summed E-state index contributed by atoms with van der Waals surface area (Å²) in [4.78, 5) is 30.0. The molecular formula is C10H8N2O6. The van der Waals surface area contributed by atoms with Crippen LogP contribution in [0.5, 0.6) is 0 Å². The van der Waals surface area contributed by atoms with Crippen molar-refractivity contribution >= 4 is 17.3 Å². The Morgan fingerprint density at radius 3 is 2.44 bits per heavy atom. The van der Waals surface area contributed by atoms with E-state index < -0.39 is 27.2 Å². The van der Waals surface area contributed by atoms with Crippen molar-refractivity contribution in [2.45, 2.75) is 6.42 Å². The topological polar surface area (TPSA) is 124 Å². The van der Waals surface area contributed by atoms with Gasteiger partial charge < -0.3 is 5.11 Å². The van der Waals surface area contributed by atoms with Crippen molar-refractivity contribution in [1.82, 2.24) is 0 Å². The van der Waals surface area contributed by atoms with Gasteiger partial charge in [0, 0.05) is 17.7 Å². The molecule has 0 atom stereocenters. The summed E-state index contributed by atoms with van der Waals surface area (Å²) in [5.41, 5.74) is -1.13. The van der Waals surface area contributed by atoms with Crippen LogP contribution in [-0.2, 0) is 11.2 Å². The van der Waals surface area contributed by atoms with E-state index in [0.717, 1.165) is 12.1 Å². The molecule has 0 aliphatic rings. The zero-order valence-corrected chi connectivity index (χ0v) is 8.98. The van der Waals surface area contributed by atoms with Gasteiger partial charge in [-0.05, 0) is 6.42 Å². The summed E-state index contributed by atoms with van der Waals surface area (Å²) < 4.78 is 0. The molecule has 0 saturated heterocycles. The van der Waals surface area contributed by atoms with Crippen molar-refractivity contribution in [3.8, 4) is 0 Å². The second-order valence-corrected chi connectivity index (χ2v) is 3.24. The molecule has 0 saturated carbocycles. The van der Waals surface area contributed by atoms with E-state index in [9.17, 15) is 25.0 Å². The zero-order chi connectivity index (χ0) is 13.7. The summed E-state index contributed by atoms with van der Waals surface area (Å²) in [5.74, 6) is -1.19. The van der Waals surface area contributed by atoms with Crippen LogP contribution in [0.1, 0.15) is 5.56 Å². The van der Waals surface area contributed by atoms with Gasteiger partial charge in [0.15, 0.2) is 0 Å². The molecule has 0 fully saturated rings. The number of nitrogens with zero attached hydrogens (tertiary/aromatic N) is 2. The minimum absolute atomic E-state index is 0.0652. The average molecular weight is 252 g/mol. The number of hydrogen-bond donors (Lipinski definition) is 1. The van der Waals surface area contributed by atoms with Crippen LogP contribution in [0.4, 0.5) is 11.4 Å². The first kappa shape index (κ1) is 13.3. The molecule has 0 spiro atoms. The van der Waals surface area contributed by atoms with Gasteiger partial charge in [0.2, 0.25) is 0 Å². The van der Waals surface area contributed by atoms with Gasteiger partial charge in [-0.25, -0.2) is 4.79 Å². The van der Waals surface area contributed by atoms with E-state index in [4.69, 9.17) is 5.11 Å². The van der Waals surface area contributed by atoms with Crippen LogP contribution in [-0.4, -0.2) is 20.9 Å². The molecule has 1 aromatic rings. The van der Waals surface area contributed by atoms with Crippen LogP contribution in [0.3, 0.4) is 0 Å². The fourth-order valence-corrected chi connectivity index (χ4v) is 1.39. The predicted octanol–water partition coefficient (Wildman–Crippen LogP) is 1.69. The van der Waals surface area contributed by atoms with Crippen LogP contribution >= 0.6 is 0 Å².